The number of aliphatic hydroxyl groups excluding tert-OH is 1. The topological polar surface area (TPSA) is 271 Å². The van der Waals surface area contributed by atoms with Crippen molar-refractivity contribution in [2.75, 3.05) is 26.2 Å². The first-order valence-corrected chi connectivity index (χ1v) is 27.6. The number of carbonyl (C=O) groups is 7. The summed E-state index contributed by atoms with van der Waals surface area (Å²) in [5, 5.41) is 37.5. The molecule has 1 aromatic carbocycles. The fraction of sp³-hybridized carbons (Fsp3) is 0.463. The molecule has 0 spiro atoms. The van der Waals surface area contributed by atoms with Gasteiger partial charge in [-0.1, -0.05) is 75.7 Å². The molecule has 0 saturated carbocycles. The van der Waals surface area contributed by atoms with Crippen LogP contribution in [0.4, 0.5) is 0 Å². The predicted molar refractivity (Wildman–Crippen MR) is 296 cm³/mol. The molecule has 0 unspecified atom stereocenters. The van der Waals surface area contributed by atoms with E-state index in [9.17, 15) is 38.7 Å². The third kappa shape index (κ3) is 13.8. The quantitative estimate of drug-likeness (QED) is 0.114. The van der Waals surface area contributed by atoms with Crippen LogP contribution >= 0.6 is 34.3 Å². The van der Waals surface area contributed by atoms with E-state index in [4.69, 9.17) is 16.6 Å². The number of fused-ring (bicyclic) bond motifs is 4. The monoisotopic (exact) mass is 1110 g/mol. The lowest BCUT2D eigenvalue weighted by Crippen LogP contribution is -2.59. The van der Waals surface area contributed by atoms with E-state index in [1.54, 1.807) is 61.9 Å². The molecule has 6 atom stereocenters. The molecule has 3 aliphatic rings. The fourth-order valence-corrected chi connectivity index (χ4v) is 11.5. The Kier molecular flexibility index (Phi) is 18.8. The maximum atomic E-state index is 14.3. The van der Waals surface area contributed by atoms with Crippen molar-refractivity contribution in [2.45, 2.75) is 130 Å². The van der Waals surface area contributed by atoms with Crippen molar-refractivity contribution in [3.05, 3.63) is 109 Å². The van der Waals surface area contributed by atoms with Gasteiger partial charge < -0.3 is 41.9 Å². The van der Waals surface area contributed by atoms with Gasteiger partial charge in [-0.25, -0.2) is 4.98 Å². The van der Waals surface area contributed by atoms with Gasteiger partial charge in [0.2, 0.25) is 41.4 Å². The second kappa shape index (κ2) is 25.1. The third-order valence-electron chi connectivity index (χ3n) is 13.7. The van der Waals surface area contributed by atoms with Crippen LogP contribution in [0.2, 0.25) is 5.02 Å². The van der Waals surface area contributed by atoms with Crippen LogP contribution in [0.5, 0.6) is 0 Å². The molecule has 7 N–H and O–H groups in total. The molecule has 410 valence electrons. The van der Waals surface area contributed by atoms with Crippen LogP contribution < -0.4 is 31.9 Å². The minimum atomic E-state index is -1.50. The molecule has 7 rings (SSSR count). The van der Waals surface area contributed by atoms with E-state index in [0.29, 0.717) is 41.6 Å². The Labute approximate surface area is 460 Å². The van der Waals surface area contributed by atoms with E-state index in [0.717, 1.165) is 42.7 Å². The van der Waals surface area contributed by atoms with Crippen molar-refractivity contribution in [3.63, 3.8) is 0 Å². The molecule has 2 fully saturated rings. The van der Waals surface area contributed by atoms with Crippen molar-refractivity contribution in [3.8, 4) is 5.00 Å². The molecule has 7 amide bonds. The maximum absolute atomic E-state index is 14.3. The van der Waals surface area contributed by atoms with Gasteiger partial charge in [-0.05, 0) is 81.7 Å². The van der Waals surface area contributed by atoms with Crippen molar-refractivity contribution in [2.24, 2.45) is 10.4 Å². The van der Waals surface area contributed by atoms with E-state index in [-0.39, 0.29) is 44.5 Å². The number of hydrogen-bond donors (Lipinski definition) is 7. The van der Waals surface area contributed by atoms with Crippen molar-refractivity contribution in [1.82, 2.24) is 56.5 Å². The summed E-state index contributed by atoms with van der Waals surface area (Å²) < 4.78 is 1.92. The number of aliphatic hydroxyl groups is 1. The summed E-state index contributed by atoms with van der Waals surface area (Å²) >= 11 is 9.28. The van der Waals surface area contributed by atoms with Gasteiger partial charge in [-0.2, -0.15) is 0 Å². The molecule has 4 aromatic rings. The lowest BCUT2D eigenvalue weighted by molar-refractivity contribution is -0.144. The zero-order chi connectivity index (χ0) is 55.9. The van der Waals surface area contributed by atoms with E-state index in [1.165, 1.54) is 16.2 Å². The number of aryl methyl sites for hydroxylation is 3. The largest absolute Gasteiger partial charge is 0.391 e. The van der Waals surface area contributed by atoms with Gasteiger partial charge in [-0.15, -0.1) is 32.9 Å². The number of thiophene rings is 1. The number of halogens is 1. The molecule has 0 bridgehead atoms. The number of aliphatic imine (C=N–C) groups is 1. The van der Waals surface area contributed by atoms with Gasteiger partial charge in [0.05, 0.1) is 40.9 Å². The molecular formula is C54H67ClN12O8S2. The number of nitrogens with one attached hydrogen (secondary N) is 6. The van der Waals surface area contributed by atoms with Gasteiger partial charge in [0.15, 0.2) is 5.82 Å². The number of carbonyl (C=O) groups excluding carboxylic acids is 7. The molecular weight excluding hydrogens is 1040 g/mol. The minimum absolute atomic E-state index is 0.0601. The first-order valence-electron chi connectivity index (χ1n) is 25.6. The Morgan fingerprint density at radius 1 is 0.935 bits per heavy atom. The van der Waals surface area contributed by atoms with Gasteiger partial charge in [0, 0.05) is 53.5 Å². The minimum Gasteiger partial charge on any atom is -0.391 e. The summed E-state index contributed by atoms with van der Waals surface area (Å²) in [7, 11) is 0. The summed E-state index contributed by atoms with van der Waals surface area (Å²) in [4.78, 5) is 111. The van der Waals surface area contributed by atoms with Crippen molar-refractivity contribution in [1.29, 1.82) is 0 Å². The molecule has 23 heteroatoms. The number of rotatable bonds is 9. The number of benzene rings is 1. The maximum Gasteiger partial charge on any atom is 0.247 e. The average molecular weight is 1110 g/mol. The number of aromatic nitrogens is 4. The number of amides is 7. The van der Waals surface area contributed by atoms with Crippen molar-refractivity contribution < 1.29 is 38.7 Å². The van der Waals surface area contributed by atoms with E-state index >= 15 is 0 Å². The molecule has 3 aliphatic heterocycles. The van der Waals surface area contributed by atoms with E-state index < -0.39 is 89.6 Å². The van der Waals surface area contributed by atoms with Crippen LogP contribution in [-0.4, -0.2) is 133 Å². The fourth-order valence-electron chi connectivity index (χ4n) is 9.34. The molecule has 0 aliphatic carbocycles. The van der Waals surface area contributed by atoms with Gasteiger partial charge in [-0.3, -0.25) is 43.1 Å². The Morgan fingerprint density at radius 2 is 1.68 bits per heavy atom. The smallest absolute Gasteiger partial charge is 0.247 e. The Bertz CT molecular complexity index is 3020. The summed E-state index contributed by atoms with van der Waals surface area (Å²) in [6.07, 6.45) is 5.12. The van der Waals surface area contributed by atoms with Crippen LogP contribution in [-0.2, 0) is 33.6 Å². The first-order chi connectivity index (χ1) is 36.6. The molecule has 3 aromatic heterocycles. The molecule has 2 saturated heterocycles. The summed E-state index contributed by atoms with van der Waals surface area (Å²) in [5.74, 6) is -3.47. The highest BCUT2D eigenvalue weighted by Crippen LogP contribution is 2.40. The highest BCUT2D eigenvalue weighted by atomic mass is 35.5. The van der Waals surface area contributed by atoms with Gasteiger partial charge >= 0.3 is 0 Å². The normalized spacial score (nSPS) is 22.7. The number of allylic oxidation sites excluding steroid dienone is 3. The third-order valence-corrected chi connectivity index (χ3v) is 16.1. The van der Waals surface area contributed by atoms with Crippen LogP contribution in [0.25, 0.3) is 10.6 Å². The molecule has 0 radical (unpaired) electrons. The van der Waals surface area contributed by atoms with Gasteiger partial charge in [0.1, 0.15) is 41.0 Å². The summed E-state index contributed by atoms with van der Waals surface area (Å²) in [6, 6.07) is 1.32. The molecule has 6 heterocycles. The lowest BCUT2D eigenvalue weighted by Gasteiger charge is -2.35. The number of nitrogens with zero attached hydrogens (tertiary/aromatic N) is 6. The SMILES string of the molecule is C=C(/C=C\C(=C/C)c1scnc1C)[C@@H]1NC(=O)[C@@H]2C[C@@H](O)CN2C(=O)[C@H](C(C)(C)C)NC(=O)CCCCCNC(=O)[C@@H](CNC(=O)C[C@@H]2N=C(c3ccc(Cl)cc3)c3c(sc(C)c3C)-n3c(C)nnc32)NC(=O)CNC1=O. The lowest BCUT2D eigenvalue weighted by atomic mass is 9.85. The second-order valence-corrected chi connectivity index (χ2v) is 23.0. The van der Waals surface area contributed by atoms with Crippen LogP contribution in [0.15, 0.2) is 65.1 Å². The van der Waals surface area contributed by atoms with E-state index in [2.05, 4.69) is 53.7 Å². The van der Waals surface area contributed by atoms with Crippen LogP contribution in [0.3, 0.4) is 0 Å². The van der Waals surface area contributed by atoms with E-state index in [1.807, 2.05) is 57.4 Å². The van der Waals surface area contributed by atoms with Gasteiger partial charge in [0.25, 0.3) is 0 Å². The zero-order valence-electron chi connectivity index (χ0n) is 44.5. The highest BCUT2D eigenvalue weighted by molar-refractivity contribution is 7.15. The van der Waals surface area contributed by atoms with Crippen LogP contribution in [0, 0.1) is 33.1 Å². The Morgan fingerprint density at radius 3 is 2.36 bits per heavy atom. The molecule has 20 nitrogen and oxygen atoms in total. The number of thiazole rings is 1. The standard InChI is InChI=1S/C54H67ClN12O8S2/c1-10-33(46-30(4)59-27-76-46)16-15-28(2)44-51(74)58-25-42(71)60-38(49(72)56-21-13-11-12-14-40(69)62-47(54(7,8)9)52(75)66-26-36(68)22-39(66)50(73)63-44)24-57-41(70)23-37-48-65-64-32(6)67(48)53-43(29(3)31(5)77-53)45(61-37)34-17-19-35(55)20-18-34/h10,15-20,27,36-39,44,47,68H,2,11-14,21-26H2,1,3-9H3,(H,56,72)(H,57,70)(H,58,74)(H,60,71)(H,62,69)(H,63,73)/b16-15-,33-10+/t36-,37+,38-,39+,44+,47-/m1/s1. The average Bonchev–Trinajstić information content (AvgIpc) is 4.17. The Balaban J connectivity index is 1.13. The Hall–Kier alpha value is -6.88. The summed E-state index contributed by atoms with van der Waals surface area (Å²) in [6.45, 7) is 18.0. The molecule has 77 heavy (non-hydrogen) atoms. The highest BCUT2D eigenvalue weighted by Gasteiger charge is 2.45. The van der Waals surface area contributed by atoms with Crippen LogP contribution in [0.1, 0.15) is 116 Å². The summed E-state index contributed by atoms with van der Waals surface area (Å²) in [5.41, 5.74) is 5.89. The first kappa shape index (κ1) is 57.8. The predicted octanol–water partition coefficient (Wildman–Crippen LogP) is 4.56. The van der Waals surface area contributed by atoms with Crippen molar-refractivity contribution >= 4 is 86.9 Å². The second-order valence-electron chi connectivity index (χ2n) is 20.5. The zero-order valence-corrected chi connectivity index (χ0v) is 46.9. The number of hydrogen-bond acceptors (Lipinski definition) is 14.